The van der Waals surface area contributed by atoms with Crippen molar-refractivity contribution < 1.29 is 24.2 Å². The number of carbonyl (C=O) groups excluding carboxylic acids is 1. The number of halogens is 1. The van der Waals surface area contributed by atoms with E-state index in [1.165, 1.54) is 0 Å². The van der Waals surface area contributed by atoms with Crippen LogP contribution in [-0.4, -0.2) is 60.0 Å². The van der Waals surface area contributed by atoms with E-state index < -0.39 is 6.16 Å². The van der Waals surface area contributed by atoms with Crippen molar-refractivity contribution >= 4 is 35.2 Å². The van der Waals surface area contributed by atoms with E-state index >= 15 is 0 Å². The molecule has 0 radical (unpaired) electrons. The molecule has 2 aliphatic rings. The lowest BCUT2D eigenvalue weighted by Crippen LogP contribution is -2.53. The molecule has 1 unspecified atom stereocenters. The number of amides is 2. The Labute approximate surface area is 226 Å². The molecule has 0 bridgehead atoms. The third kappa shape index (κ3) is 5.47. The van der Waals surface area contributed by atoms with Gasteiger partial charge in [0.2, 0.25) is 0 Å². The number of urea groups is 1. The summed E-state index contributed by atoms with van der Waals surface area (Å²) in [6, 6.07) is 15.6. The first-order valence-electron chi connectivity index (χ1n) is 12.5. The van der Waals surface area contributed by atoms with Gasteiger partial charge < -0.3 is 24.4 Å². The first-order valence-corrected chi connectivity index (χ1v) is 12.9. The number of piperidine rings is 1. The Kier molecular flexibility index (Phi) is 7.55. The van der Waals surface area contributed by atoms with Gasteiger partial charge in [0, 0.05) is 67.0 Å². The lowest BCUT2D eigenvalue weighted by molar-refractivity contribution is 0.109. The minimum Gasteiger partial charge on any atom is -0.493 e. The highest BCUT2D eigenvalue weighted by molar-refractivity contribution is 6.30. The molecule has 3 heterocycles. The summed E-state index contributed by atoms with van der Waals surface area (Å²) in [5.74, 6) is 0.811. The molecule has 0 saturated carbocycles. The van der Waals surface area contributed by atoms with Crippen molar-refractivity contribution in [2.45, 2.75) is 31.3 Å². The number of fused-ring (bicyclic) bond motifs is 1. The molecule has 2 aliphatic heterocycles. The molecule has 1 fully saturated rings. The lowest BCUT2D eigenvalue weighted by atomic mass is 9.94. The van der Waals surface area contributed by atoms with Crippen molar-refractivity contribution in [1.29, 1.82) is 0 Å². The quantitative estimate of drug-likeness (QED) is 0.323. The van der Waals surface area contributed by atoms with Crippen molar-refractivity contribution in [3.8, 4) is 11.5 Å². The highest BCUT2D eigenvalue weighted by Crippen LogP contribution is 2.41. The molecule has 1 aromatic heterocycles. The van der Waals surface area contributed by atoms with Gasteiger partial charge in [-0.15, -0.1) is 0 Å². The summed E-state index contributed by atoms with van der Waals surface area (Å²) in [5, 5.41) is 9.68. The van der Waals surface area contributed by atoms with Crippen LogP contribution >= 0.6 is 11.6 Å². The van der Waals surface area contributed by atoms with E-state index in [0.717, 1.165) is 37.2 Å². The van der Waals surface area contributed by atoms with Crippen molar-refractivity contribution in [1.82, 2.24) is 9.88 Å². The first kappa shape index (κ1) is 25.7. The molecule has 1 N–H and O–H groups in total. The molecule has 10 heteroatoms. The zero-order valence-corrected chi connectivity index (χ0v) is 21.8. The molecule has 5 rings (SSSR count). The summed E-state index contributed by atoms with van der Waals surface area (Å²) in [6.07, 6.45) is 4.30. The Hall–Kier alpha value is -3.98. The SMILES string of the molecule is CN(C(=O)N(C1CCN(c2ccncc2)CC1)C1CCOc2ccc(OC(=O)O)cc21)c1cccc(Cl)c1. The zero-order valence-electron chi connectivity index (χ0n) is 21.0. The molecule has 38 heavy (non-hydrogen) atoms. The number of nitrogens with zero attached hydrogens (tertiary/aromatic N) is 4. The second-order valence-corrected chi connectivity index (χ2v) is 9.81. The number of anilines is 2. The van der Waals surface area contributed by atoms with Crippen molar-refractivity contribution in [3.63, 3.8) is 0 Å². The average molecular weight is 537 g/mol. The molecule has 0 aliphatic carbocycles. The molecule has 1 atom stereocenters. The summed E-state index contributed by atoms with van der Waals surface area (Å²) in [4.78, 5) is 35.4. The van der Waals surface area contributed by atoms with Gasteiger partial charge in [-0.1, -0.05) is 17.7 Å². The second-order valence-electron chi connectivity index (χ2n) is 9.37. The van der Waals surface area contributed by atoms with Gasteiger partial charge in [-0.3, -0.25) is 9.88 Å². The molecule has 2 aromatic carbocycles. The van der Waals surface area contributed by atoms with Crippen LogP contribution in [0.2, 0.25) is 5.02 Å². The molecule has 198 valence electrons. The number of ether oxygens (including phenoxy) is 2. The van der Waals surface area contributed by atoms with E-state index in [-0.39, 0.29) is 23.9 Å². The Balaban J connectivity index is 1.47. The predicted molar refractivity (Wildman–Crippen MR) is 145 cm³/mol. The number of rotatable bonds is 5. The maximum absolute atomic E-state index is 14.2. The van der Waals surface area contributed by atoms with Crippen LogP contribution in [0.1, 0.15) is 30.9 Å². The molecule has 1 saturated heterocycles. The highest BCUT2D eigenvalue weighted by atomic mass is 35.5. The second kappa shape index (κ2) is 11.2. The van der Waals surface area contributed by atoms with Crippen molar-refractivity contribution in [2.75, 3.05) is 36.5 Å². The Morgan fingerprint density at radius 3 is 2.55 bits per heavy atom. The number of carboxylic acid groups (broad SMARTS) is 1. The van der Waals surface area contributed by atoms with Crippen LogP contribution in [0.5, 0.6) is 11.5 Å². The number of aromatic nitrogens is 1. The number of carbonyl (C=O) groups is 2. The Morgan fingerprint density at radius 2 is 1.84 bits per heavy atom. The normalized spacial score (nSPS) is 17.2. The summed E-state index contributed by atoms with van der Waals surface area (Å²) in [6.45, 7) is 2.02. The van der Waals surface area contributed by atoms with E-state index in [2.05, 4.69) is 9.88 Å². The van der Waals surface area contributed by atoms with E-state index in [1.807, 2.05) is 29.2 Å². The Morgan fingerprint density at radius 1 is 1.08 bits per heavy atom. The third-order valence-electron chi connectivity index (χ3n) is 7.12. The summed E-state index contributed by atoms with van der Waals surface area (Å²) >= 11 is 6.23. The largest absolute Gasteiger partial charge is 0.511 e. The van der Waals surface area contributed by atoms with Gasteiger partial charge in [0.05, 0.1) is 12.6 Å². The molecule has 2 amide bonds. The van der Waals surface area contributed by atoms with Crippen LogP contribution < -0.4 is 19.3 Å². The van der Waals surface area contributed by atoms with Gasteiger partial charge in [-0.05, 0) is 61.4 Å². The summed E-state index contributed by atoms with van der Waals surface area (Å²) < 4.78 is 10.8. The van der Waals surface area contributed by atoms with Gasteiger partial charge >= 0.3 is 12.2 Å². The number of benzene rings is 2. The van der Waals surface area contributed by atoms with E-state index in [0.29, 0.717) is 29.5 Å². The van der Waals surface area contributed by atoms with Crippen LogP contribution in [-0.2, 0) is 0 Å². The molecule has 9 nitrogen and oxygen atoms in total. The van der Waals surface area contributed by atoms with E-state index in [9.17, 15) is 9.59 Å². The van der Waals surface area contributed by atoms with Gasteiger partial charge in [-0.25, -0.2) is 9.59 Å². The number of pyridine rings is 1. The fourth-order valence-corrected chi connectivity index (χ4v) is 5.46. The van der Waals surface area contributed by atoms with Crippen LogP contribution in [0.3, 0.4) is 0 Å². The van der Waals surface area contributed by atoms with Crippen molar-refractivity contribution in [3.05, 3.63) is 77.6 Å². The monoisotopic (exact) mass is 536 g/mol. The number of hydrogen-bond acceptors (Lipinski definition) is 6. The molecular weight excluding hydrogens is 508 g/mol. The summed E-state index contributed by atoms with van der Waals surface area (Å²) in [7, 11) is 1.75. The smallest absolute Gasteiger partial charge is 0.493 e. The standard InChI is InChI=1S/C28H29ClN4O5/c1-31(22-4-2-3-19(29)17-22)27(34)33(21-9-14-32(15-10-21)20-7-12-30-13-8-20)25-11-16-37-26-6-5-23(18-24(25)26)38-28(35)36/h2-8,12-13,17-18,21,25H,9-11,14-16H2,1H3,(H,35,36). The third-order valence-corrected chi connectivity index (χ3v) is 7.35. The minimum atomic E-state index is -1.39. The van der Waals surface area contributed by atoms with Gasteiger partial charge in [0.15, 0.2) is 0 Å². The van der Waals surface area contributed by atoms with Gasteiger partial charge in [-0.2, -0.15) is 0 Å². The predicted octanol–water partition coefficient (Wildman–Crippen LogP) is 5.84. The average Bonchev–Trinajstić information content (AvgIpc) is 2.93. The minimum absolute atomic E-state index is 0.0396. The van der Waals surface area contributed by atoms with Crippen LogP contribution in [0.4, 0.5) is 21.0 Å². The maximum Gasteiger partial charge on any atom is 0.511 e. The fraction of sp³-hybridized carbons (Fsp3) is 0.321. The lowest BCUT2D eigenvalue weighted by Gasteiger charge is -2.45. The summed E-state index contributed by atoms with van der Waals surface area (Å²) in [5.41, 5.74) is 2.54. The number of hydrogen-bond donors (Lipinski definition) is 1. The topological polar surface area (TPSA) is 95.4 Å². The first-order chi connectivity index (χ1) is 18.4. The molecular formula is C28H29ClN4O5. The molecule has 3 aromatic rings. The van der Waals surface area contributed by atoms with Crippen molar-refractivity contribution in [2.24, 2.45) is 0 Å². The van der Waals surface area contributed by atoms with Crippen LogP contribution in [0.15, 0.2) is 67.0 Å². The highest BCUT2D eigenvalue weighted by Gasteiger charge is 2.38. The zero-order chi connectivity index (χ0) is 26.6. The Bertz CT molecular complexity index is 1300. The van der Waals surface area contributed by atoms with Gasteiger partial charge in [0.25, 0.3) is 0 Å². The van der Waals surface area contributed by atoms with Crippen LogP contribution in [0.25, 0.3) is 0 Å². The van der Waals surface area contributed by atoms with E-state index in [1.54, 1.807) is 54.7 Å². The van der Waals surface area contributed by atoms with Crippen LogP contribution in [0, 0.1) is 0 Å². The molecule has 0 spiro atoms. The maximum atomic E-state index is 14.2. The van der Waals surface area contributed by atoms with Gasteiger partial charge in [0.1, 0.15) is 11.5 Å². The fourth-order valence-electron chi connectivity index (χ4n) is 5.28. The van der Waals surface area contributed by atoms with E-state index in [4.69, 9.17) is 26.2 Å².